The van der Waals surface area contributed by atoms with E-state index in [1.807, 2.05) is 0 Å². The predicted octanol–water partition coefficient (Wildman–Crippen LogP) is 1.27. The Morgan fingerprint density at radius 1 is 1.18 bits per heavy atom. The number of aliphatic hydroxyl groups is 3. The Hall–Kier alpha value is -4.43. The first-order valence-electron chi connectivity index (χ1n) is 13.6. The molecule has 0 aliphatic carbocycles. The average molecular weight is 639 g/mol. The highest BCUT2D eigenvalue weighted by Gasteiger charge is 2.44. The second-order valence-electron chi connectivity index (χ2n) is 10.3. The molecule has 2 saturated heterocycles. The van der Waals surface area contributed by atoms with Crippen molar-refractivity contribution in [2.45, 2.75) is 49.7 Å². The van der Waals surface area contributed by atoms with E-state index in [0.717, 1.165) is 6.07 Å². The van der Waals surface area contributed by atoms with E-state index in [2.05, 4.69) is 30.7 Å². The lowest BCUT2D eigenvalue weighted by molar-refractivity contribution is -0.137. The van der Waals surface area contributed by atoms with Crippen molar-refractivity contribution < 1.29 is 51.9 Å². The van der Waals surface area contributed by atoms with Crippen molar-refractivity contribution in [2.24, 2.45) is 0 Å². The number of hydrogen-bond acceptors (Lipinski definition) is 12. The van der Waals surface area contributed by atoms with Crippen LogP contribution in [-0.4, -0.2) is 94.9 Å². The molecule has 5 N–H and O–H groups in total. The summed E-state index contributed by atoms with van der Waals surface area (Å²) in [6.07, 6.45) is -6.30. The molecule has 1 aromatic carbocycles. The lowest BCUT2D eigenvalue weighted by atomic mass is 10.1. The Balaban J connectivity index is 1.23. The Labute approximate surface area is 250 Å². The largest absolute Gasteiger partial charge is 0.416 e. The van der Waals surface area contributed by atoms with Gasteiger partial charge >= 0.3 is 12.3 Å². The summed E-state index contributed by atoms with van der Waals surface area (Å²) in [5, 5.41) is 40.0. The van der Waals surface area contributed by atoms with Crippen molar-refractivity contribution in [1.82, 2.24) is 34.6 Å². The molecule has 5 atom stereocenters. The minimum atomic E-state index is -4.76. The van der Waals surface area contributed by atoms with Crippen molar-refractivity contribution in [3.8, 4) is 11.7 Å². The lowest BCUT2D eigenvalue weighted by Gasteiger charge is -2.17. The maximum absolute atomic E-state index is 13.7. The summed E-state index contributed by atoms with van der Waals surface area (Å²) in [6.45, 7) is -0.0201. The number of aliphatic hydroxyl groups excluding tert-OH is 3. The number of hydrogen-bond donors (Lipinski definition) is 5. The van der Waals surface area contributed by atoms with Gasteiger partial charge in [0.15, 0.2) is 29.0 Å². The molecule has 4 aromatic rings. The van der Waals surface area contributed by atoms with Gasteiger partial charge in [0, 0.05) is 13.2 Å². The Morgan fingerprint density at radius 2 is 2.00 bits per heavy atom. The van der Waals surface area contributed by atoms with Gasteiger partial charge in [-0.25, -0.2) is 18.9 Å². The first-order valence-corrected chi connectivity index (χ1v) is 13.6. The molecule has 5 heterocycles. The van der Waals surface area contributed by atoms with Gasteiger partial charge in [0.25, 0.3) is 5.95 Å². The fraction of sp³-hybridized carbons (Fsp3) is 0.423. The van der Waals surface area contributed by atoms with Gasteiger partial charge in [0.2, 0.25) is 0 Å². The number of carbonyl (C=O) groups excluding carboxylic acids is 1. The van der Waals surface area contributed by atoms with E-state index < -0.39 is 61.3 Å². The Kier molecular flexibility index (Phi) is 8.27. The van der Waals surface area contributed by atoms with Gasteiger partial charge in [-0.15, -0.1) is 0 Å². The highest BCUT2D eigenvalue weighted by molar-refractivity contribution is 5.84. The fourth-order valence-corrected chi connectivity index (χ4v) is 4.95. The van der Waals surface area contributed by atoms with Crippen LogP contribution in [0.15, 0.2) is 36.9 Å². The molecular weight excluding hydrogens is 612 g/mol. The third-order valence-corrected chi connectivity index (χ3v) is 7.17. The van der Waals surface area contributed by atoms with Crippen LogP contribution < -0.4 is 15.4 Å². The Morgan fingerprint density at radius 3 is 2.71 bits per heavy atom. The molecule has 0 bridgehead atoms. The first-order chi connectivity index (χ1) is 21.5. The van der Waals surface area contributed by atoms with E-state index in [0.29, 0.717) is 43.1 Å². The molecule has 2 aliphatic heterocycles. The molecule has 240 valence electrons. The Bertz CT molecular complexity index is 1690. The number of nitrogens with one attached hydrogen (secondary N) is 2. The molecule has 3 aromatic heterocycles. The highest BCUT2D eigenvalue weighted by Crippen LogP contribution is 2.33. The predicted molar refractivity (Wildman–Crippen MR) is 143 cm³/mol. The molecule has 0 spiro atoms. The van der Waals surface area contributed by atoms with Crippen LogP contribution in [0.3, 0.4) is 0 Å². The van der Waals surface area contributed by atoms with Crippen LogP contribution in [0.2, 0.25) is 0 Å². The van der Waals surface area contributed by atoms with Gasteiger partial charge in [-0.3, -0.25) is 4.57 Å². The quantitative estimate of drug-likeness (QED) is 0.174. The number of halogens is 4. The van der Waals surface area contributed by atoms with Crippen LogP contribution in [0.25, 0.3) is 17.1 Å². The number of fused-ring (bicyclic) bond motifs is 1. The van der Waals surface area contributed by atoms with Crippen LogP contribution in [0.1, 0.15) is 23.8 Å². The number of alkyl halides is 3. The van der Waals surface area contributed by atoms with Gasteiger partial charge in [-0.05, 0) is 30.2 Å². The van der Waals surface area contributed by atoms with E-state index in [9.17, 15) is 37.7 Å². The number of nitrogens with zero attached hydrogens (tertiary/aromatic N) is 6. The second kappa shape index (κ2) is 12.2. The van der Waals surface area contributed by atoms with Crippen molar-refractivity contribution in [1.29, 1.82) is 0 Å². The third-order valence-electron chi connectivity index (χ3n) is 7.17. The minimum absolute atomic E-state index is 0.0212. The van der Waals surface area contributed by atoms with Crippen LogP contribution in [-0.2, 0) is 22.2 Å². The van der Waals surface area contributed by atoms with Gasteiger partial charge in [-0.1, -0.05) is 0 Å². The summed E-state index contributed by atoms with van der Waals surface area (Å²) in [4.78, 5) is 25.7. The molecule has 19 heteroatoms. The number of rotatable bonds is 8. The number of carbonyl (C=O) groups is 1. The maximum atomic E-state index is 13.7. The number of aromatic nitrogens is 6. The number of imidazole rings is 1. The summed E-state index contributed by atoms with van der Waals surface area (Å²) < 4.78 is 71.4. The molecule has 2 aliphatic rings. The standard InChI is InChI=1S/C26H26F4N8O7/c27-14-4-12(3-13(5-14)26(28,29)30)6-31-25(42)44-16-7-33-38(8-16)24-35-21(34-15-1-2-43-10-15)18-22(36-24)37(11-32-18)23-20(41)19(40)17(9-39)45-23/h3-5,7-8,11,15,17,19-20,23,39-41H,1-2,6,9-10H2,(H,31,42)(H,34,35,36)/t15-,17-,19+,20+,23-/m1/s1. The number of amides is 1. The molecule has 1 amide bonds. The molecule has 0 saturated carbocycles. The topological polar surface area (TPSA) is 191 Å². The van der Waals surface area contributed by atoms with E-state index in [4.69, 9.17) is 14.2 Å². The highest BCUT2D eigenvalue weighted by atomic mass is 19.4. The zero-order chi connectivity index (χ0) is 31.9. The van der Waals surface area contributed by atoms with Crippen molar-refractivity contribution in [3.05, 3.63) is 53.9 Å². The molecule has 6 rings (SSSR count). The summed E-state index contributed by atoms with van der Waals surface area (Å²) in [6, 6.07) is 1.82. The first kappa shape index (κ1) is 30.6. The van der Waals surface area contributed by atoms with Crippen LogP contribution >= 0.6 is 0 Å². The van der Waals surface area contributed by atoms with Crippen molar-refractivity contribution in [2.75, 3.05) is 25.1 Å². The van der Waals surface area contributed by atoms with Gasteiger partial charge in [-0.2, -0.15) is 28.2 Å². The monoisotopic (exact) mass is 638 g/mol. The fourth-order valence-electron chi connectivity index (χ4n) is 4.95. The van der Waals surface area contributed by atoms with Crippen molar-refractivity contribution in [3.63, 3.8) is 0 Å². The maximum Gasteiger partial charge on any atom is 0.416 e. The molecule has 0 radical (unpaired) electrons. The van der Waals surface area contributed by atoms with Gasteiger partial charge < -0.3 is 40.2 Å². The van der Waals surface area contributed by atoms with Crippen LogP contribution in [0.4, 0.5) is 28.2 Å². The number of benzene rings is 1. The summed E-state index contributed by atoms with van der Waals surface area (Å²) in [7, 11) is 0. The zero-order valence-electron chi connectivity index (χ0n) is 23.1. The summed E-state index contributed by atoms with van der Waals surface area (Å²) in [5.74, 6) is -0.920. The SMILES string of the molecule is O=C(NCc1cc(F)cc(C(F)(F)F)c1)Oc1cnn(-c2nc(N[C@@H]3CCOC3)c3ncn([C@@H]4O[C@H](CO)[C@H](O)[C@@H]4O)c3n2)c1. The number of anilines is 1. The van der Waals surface area contributed by atoms with E-state index in [1.165, 1.54) is 28.0 Å². The van der Waals surface area contributed by atoms with Crippen molar-refractivity contribution >= 4 is 23.1 Å². The van der Waals surface area contributed by atoms with Gasteiger partial charge in [0.05, 0.1) is 43.5 Å². The minimum Gasteiger partial charge on any atom is -0.407 e. The van der Waals surface area contributed by atoms with Crippen LogP contribution in [0, 0.1) is 5.82 Å². The molecule has 15 nitrogen and oxygen atoms in total. The molecule has 2 fully saturated rings. The van der Waals surface area contributed by atoms with E-state index in [1.54, 1.807) is 0 Å². The summed E-state index contributed by atoms with van der Waals surface area (Å²) in [5.41, 5.74) is -0.840. The van der Waals surface area contributed by atoms with Gasteiger partial charge in [0.1, 0.15) is 24.1 Å². The molecular formula is C26H26F4N8O7. The van der Waals surface area contributed by atoms with E-state index in [-0.39, 0.29) is 29.0 Å². The van der Waals surface area contributed by atoms with Crippen LogP contribution in [0.5, 0.6) is 5.75 Å². The zero-order valence-corrected chi connectivity index (χ0v) is 23.1. The van der Waals surface area contributed by atoms with E-state index >= 15 is 0 Å². The molecule has 0 unspecified atom stereocenters. The molecule has 45 heavy (non-hydrogen) atoms. The normalized spacial score (nSPS) is 23.5. The number of ether oxygens (including phenoxy) is 3. The smallest absolute Gasteiger partial charge is 0.407 e. The average Bonchev–Trinajstić information content (AvgIpc) is 3.80. The second-order valence-corrected chi connectivity index (χ2v) is 10.3. The third kappa shape index (κ3) is 6.38. The lowest BCUT2D eigenvalue weighted by Crippen LogP contribution is -2.33. The summed E-state index contributed by atoms with van der Waals surface area (Å²) >= 11 is 0.